The van der Waals surface area contributed by atoms with Crippen molar-refractivity contribution < 1.29 is 26.3 Å². The second-order valence-corrected chi connectivity index (χ2v) is 11.4. The lowest BCUT2D eigenvalue weighted by Crippen LogP contribution is -2.49. The summed E-state index contributed by atoms with van der Waals surface area (Å²) in [7, 11) is 0. The average molecular weight is 637 g/mol. The van der Waals surface area contributed by atoms with Crippen LogP contribution >= 0.6 is 11.6 Å². The van der Waals surface area contributed by atoms with Crippen LogP contribution in [-0.2, 0) is 25.2 Å². The fraction of sp³-hybridized carbons (Fsp3) is 0.394. The number of benzene rings is 3. The Balaban J connectivity index is 1.86. The van der Waals surface area contributed by atoms with Crippen molar-refractivity contribution >= 4 is 34.6 Å². The van der Waals surface area contributed by atoms with Crippen LogP contribution in [0.25, 0.3) is 0 Å². The molecular formula is C33H35ClF6N4. The molecule has 0 bridgehead atoms. The molecule has 1 saturated heterocycles. The SMILES string of the molecule is CCc1cccc(CC)c1N=C(C)N1CCCN(C(=Nc2c(C)cc(C)cc2Cl)c2cc(C(F)(F)F)cc(C(F)(F)F)c2)C1. The van der Waals surface area contributed by atoms with Crippen molar-refractivity contribution in [2.45, 2.75) is 66.2 Å². The lowest BCUT2D eigenvalue weighted by molar-refractivity contribution is -0.143. The molecule has 0 N–H and O–H groups in total. The Hall–Kier alpha value is -3.53. The first kappa shape index (κ1) is 33.4. The normalized spacial score (nSPS) is 15.3. The Morgan fingerprint density at radius 2 is 1.36 bits per heavy atom. The molecule has 0 radical (unpaired) electrons. The zero-order valence-corrected chi connectivity index (χ0v) is 26.1. The largest absolute Gasteiger partial charge is 0.416 e. The van der Waals surface area contributed by atoms with Gasteiger partial charge in [0.25, 0.3) is 0 Å². The quantitative estimate of drug-likeness (QED) is 0.159. The highest BCUT2D eigenvalue weighted by molar-refractivity contribution is 6.33. The summed E-state index contributed by atoms with van der Waals surface area (Å²) in [4.78, 5) is 13.3. The van der Waals surface area contributed by atoms with Gasteiger partial charge in [0.1, 0.15) is 11.7 Å². The van der Waals surface area contributed by atoms with Gasteiger partial charge < -0.3 is 9.80 Å². The van der Waals surface area contributed by atoms with E-state index in [1.165, 1.54) is 0 Å². The molecule has 4 nitrogen and oxygen atoms in total. The Kier molecular flexibility index (Phi) is 10.0. The first-order chi connectivity index (χ1) is 20.6. The van der Waals surface area contributed by atoms with Crippen molar-refractivity contribution in [3.05, 3.63) is 92.5 Å². The Bertz CT molecular complexity index is 1500. The van der Waals surface area contributed by atoms with Gasteiger partial charge in [-0.3, -0.25) is 0 Å². The summed E-state index contributed by atoms with van der Waals surface area (Å²) in [5.41, 5.74) is 1.73. The fourth-order valence-corrected chi connectivity index (χ4v) is 5.75. The standard InChI is InChI=1S/C33H35ClF6N4/c1-6-23-10-8-11-24(7-2)30(23)41-22(5)43-12-9-13-44(19-43)31(42-29-21(4)14-20(3)15-28(29)34)25-16-26(32(35,36)37)18-27(17-25)33(38,39)40/h8,10-11,14-18H,6-7,9,12-13,19H2,1-5H3. The number of para-hydroxylation sites is 1. The van der Waals surface area contributed by atoms with E-state index in [1.807, 2.05) is 43.0 Å². The number of halogens is 7. The second kappa shape index (κ2) is 13.2. The molecule has 0 aromatic heterocycles. The summed E-state index contributed by atoms with van der Waals surface area (Å²) < 4.78 is 83.2. The maximum Gasteiger partial charge on any atom is 0.416 e. The van der Waals surface area contributed by atoms with Crippen LogP contribution in [0.3, 0.4) is 0 Å². The van der Waals surface area contributed by atoms with E-state index in [-0.39, 0.29) is 34.8 Å². The third-order valence-corrected chi connectivity index (χ3v) is 7.94. The molecule has 3 aromatic rings. The lowest BCUT2D eigenvalue weighted by atomic mass is 10.0. The molecule has 0 aliphatic carbocycles. The Morgan fingerprint density at radius 1 is 0.795 bits per heavy atom. The van der Waals surface area contributed by atoms with E-state index in [2.05, 4.69) is 18.8 Å². The number of hydrogen-bond donors (Lipinski definition) is 0. The minimum atomic E-state index is -5.00. The lowest BCUT2D eigenvalue weighted by Gasteiger charge is -2.39. The van der Waals surface area contributed by atoms with Gasteiger partial charge in [-0.2, -0.15) is 26.3 Å². The van der Waals surface area contributed by atoms with Crippen molar-refractivity contribution in [2.24, 2.45) is 9.98 Å². The van der Waals surface area contributed by atoms with Gasteiger partial charge in [-0.15, -0.1) is 0 Å². The van der Waals surface area contributed by atoms with Gasteiger partial charge in [0.15, 0.2) is 0 Å². The van der Waals surface area contributed by atoms with Crippen LogP contribution in [0.15, 0.2) is 58.5 Å². The van der Waals surface area contributed by atoms with Crippen LogP contribution in [0, 0.1) is 13.8 Å². The Morgan fingerprint density at radius 3 is 1.89 bits per heavy atom. The van der Waals surface area contributed by atoms with Gasteiger partial charge in [-0.25, -0.2) is 9.98 Å². The molecule has 1 aliphatic rings. The van der Waals surface area contributed by atoms with E-state index in [9.17, 15) is 26.3 Å². The van der Waals surface area contributed by atoms with E-state index in [1.54, 1.807) is 17.9 Å². The van der Waals surface area contributed by atoms with Crippen molar-refractivity contribution in [3.8, 4) is 0 Å². The zero-order valence-electron chi connectivity index (χ0n) is 25.3. The third-order valence-electron chi connectivity index (χ3n) is 7.66. The monoisotopic (exact) mass is 636 g/mol. The van der Waals surface area contributed by atoms with Crippen molar-refractivity contribution in [3.63, 3.8) is 0 Å². The van der Waals surface area contributed by atoms with Crippen molar-refractivity contribution in [2.75, 3.05) is 19.8 Å². The number of alkyl halides is 6. The molecule has 1 aliphatic heterocycles. The molecule has 0 atom stereocenters. The number of nitrogens with zero attached hydrogens (tertiary/aromatic N) is 4. The minimum Gasteiger partial charge on any atom is -0.342 e. The van der Waals surface area contributed by atoms with Crippen LogP contribution in [0.5, 0.6) is 0 Å². The number of aliphatic imine (C=N–C) groups is 2. The first-order valence-electron chi connectivity index (χ1n) is 14.4. The molecule has 0 spiro atoms. The minimum absolute atomic E-state index is 0.0313. The predicted molar refractivity (Wildman–Crippen MR) is 164 cm³/mol. The topological polar surface area (TPSA) is 31.2 Å². The van der Waals surface area contributed by atoms with E-state index >= 15 is 0 Å². The van der Waals surface area contributed by atoms with Gasteiger partial charge in [0.2, 0.25) is 0 Å². The highest BCUT2D eigenvalue weighted by atomic mass is 35.5. The summed E-state index contributed by atoms with van der Waals surface area (Å²) >= 11 is 6.52. The maximum atomic E-state index is 13.9. The van der Waals surface area contributed by atoms with Crippen LogP contribution in [0.1, 0.15) is 66.1 Å². The van der Waals surface area contributed by atoms with Crippen molar-refractivity contribution in [1.82, 2.24) is 9.80 Å². The second-order valence-electron chi connectivity index (χ2n) is 11.0. The smallest absolute Gasteiger partial charge is 0.342 e. The highest BCUT2D eigenvalue weighted by Gasteiger charge is 2.38. The molecule has 44 heavy (non-hydrogen) atoms. The van der Waals surface area contributed by atoms with Crippen LogP contribution in [-0.4, -0.2) is 41.2 Å². The predicted octanol–water partition coefficient (Wildman–Crippen LogP) is 9.91. The fourth-order valence-electron chi connectivity index (χ4n) is 5.39. The molecule has 1 fully saturated rings. The van der Waals surface area contributed by atoms with Crippen molar-refractivity contribution in [1.29, 1.82) is 0 Å². The first-order valence-corrected chi connectivity index (χ1v) is 14.8. The number of hydrogen-bond acceptors (Lipinski definition) is 2. The summed E-state index contributed by atoms with van der Waals surface area (Å²) in [6, 6.07) is 11.1. The van der Waals surface area contributed by atoms with Gasteiger partial charge in [0.05, 0.1) is 34.2 Å². The van der Waals surface area contributed by atoms with E-state index in [0.717, 1.165) is 47.4 Å². The number of rotatable bonds is 5. The molecule has 4 rings (SSSR count). The van der Waals surface area contributed by atoms with Gasteiger partial charge >= 0.3 is 12.4 Å². The van der Waals surface area contributed by atoms with Gasteiger partial charge in [-0.1, -0.05) is 49.7 Å². The van der Waals surface area contributed by atoms with E-state index in [4.69, 9.17) is 16.6 Å². The number of aryl methyl sites for hydroxylation is 4. The maximum absolute atomic E-state index is 13.9. The van der Waals surface area contributed by atoms with Crippen LogP contribution < -0.4 is 0 Å². The molecule has 11 heteroatoms. The molecule has 236 valence electrons. The third kappa shape index (κ3) is 7.57. The molecule has 1 heterocycles. The van der Waals surface area contributed by atoms with Crippen LogP contribution in [0.4, 0.5) is 37.7 Å². The number of amidine groups is 2. The van der Waals surface area contributed by atoms with Crippen LogP contribution in [0.2, 0.25) is 5.02 Å². The average Bonchev–Trinajstić information content (AvgIpc) is 2.95. The summed E-state index contributed by atoms with van der Waals surface area (Å²) in [6.07, 6.45) is -7.85. The summed E-state index contributed by atoms with van der Waals surface area (Å²) in [6.45, 7) is 10.7. The van der Waals surface area contributed by atoms with E-state index < -0.39 is 23.5 Å². The van der Waals surface area contributed by atoms with Gasteiger partial charge in [-0.05, 0) is 86.6 Å². The molecule has 0 amide bonds. The molecule has 0 saturated carbocycles. The Labute approximate surface area is 259 Å². The molecular weight excluding hydrogens is 602 g/mol. The van der Waals surface area contributed by atoms with Gasteiger partial charge in [0, 0.05) is 18.7 Å². The van der Waals surface area contributed by atoms with E-state index in [0.29, 0.717) is 30.9 Å². The highest BCUT2D eigenvalue weighted by Crippen LogP contribution is 2.38. The summed E-state index contributed by atoms with van der Waals surface area (Å²) in [5.74, 6) is 0.658. The molecule has 0 unspecified atom stereocenters. The molecule has 3 aromatic carbocycles. The summed E-state index contributed by atoms with van der Waals surface area (Å²) in [5, 5.41) is 0.248. The zero-order chi connectivity index (χ0) is 32.4.